The van der Waals surface area contributed by atoms with Crippen LogP contribution in [0.3, 0.4) is 0 Å². The highest BCUT2D eigenvalue weighted by atomic mass is 16.6. The normalized spacial score (nSPS) is 16.5. The third-order valence-electron chi connectivity index (χ3n) is 1.70. The third-order valence-corrected chi connectivity index (χ3v) is 1.70. The van der Waals surface area contributed by atoms with Gasteiger partial charge in [-0.05, 0) is 12.8 Å². The summed E-state index contributed by atoms with van der Waals surface area (Å²) in [6.45, 7) is 3.81. The first-order chi connectivity index (χ1) is 5.63. The standard InChI is InChI=1S/C8H19NO3/c1-3-5-7(10)9(12)8(11)6-4-2/h7-8,10-12H,3-6H2,1-2H3. The summed E-state index contributed by atoms with van der Waals surface area (Å²) >= 11 is 0. The van der Waals surface area contributed by atoms with Gasteiger partial charge in [-0.15, -0.1) is 5.06 Å². The van der Waals surface area contributed by atoms with Crippen LogP contribution >= 0.6 is 0 Å². The molecule has 74 valence electrons. The van der Waals surface area contributed by atoms with E-state index in [0.29, 0.717) is 17.9 Å². The zero-order valence-electron chi connectivity index (χ0n) is 7.77. The van der Waals surface area contributed by atoms with Crippen molar-refractivity contribution in [3.63, 3.8) is 0 Å². The molecule has 2 unspecified atom stereocenters. The largest absolute Gasteiger partial charge is 0.376 e. The molecule has 0 aromatic heterocycles. The maximum atomic E-state index is 9.23. The fourth-order valence-electron chi connectivity index (χ4n) is 0.980. The average molecular weight is 177 g/mol. The van der Waals surface area contributed by atoms with Crippen molar-refractivity contribution in [1.29, 1.82) is 0 Å². The summed E-state index contributed by atoms with van der Waals surface area (Å²) in [7, 11) is 0. The Morgan fingerprint density at radius 3 is 1.58 bits per heavy atom. The van der Waals surface area contributed by atoms with E-state index >= 15 is 0 Å². The van der Waals surface area contributed by atoms with Crippen molar-refractivity contribution < 1.29 is 15.4 Å². The lowest BCUT2D eigenvalue weighted by atomic mass is 10.2. The molecule has 0 aromatic carbocycles. The minimum Gasteiger partial charge on any atom is -0.376 e. The van der Waals surface area contributed by atoms with Gasteiger partial charge in [0.05, 0.1) is 0 Å². The van der Waals surface area contributed by atoms with Crippen molar-refractivity contribution in [3.05, 3.63) is 0 Å². The predicted octanol–water partition coefficient (Wildman–Crippen LogP) is 0.915. The molecule has 2 atom stereocenters. The number of hydroxylamine groups is 2. The van der Waals surface area contributed by atoms with Gasteiger partial charge in [0.15, 0.2) is 0 Å². The van der Waals surface area contributed by atoms with Gasteiger partial charge in [-0.1, -0.05) is 26.7 Å². The lowest BCUT2D eigenvalue weighted by molar-refractivity contribution is -0.272. The number of aliphatic hydroxyl groups excluding tert-OH is 2. The van der Waals surface area contributed by atoms with Crippen LogP contribution in [0.5, 0.6) is 0 Å². The minimum atomic E-state index is -0.948. The summed E-state index contributed by atoms with van der Waals surface area (Å²) in [4.78, 5) is 0. The van der Waals surface area contributed by atoms with Crippen molar-refractivity contribution in [2.45, 2.75) is 52.0 Å². The average Bonchev–Trinajstić information content (AvgIpc) is 2.04. The van der Waals surface area contributed by atoms with Gasteiger partial charge in [-0.3, -0.25) is 0 Å². The molecular formula is C8H19NO3. The van der Waals surface area contributed by atoms with Crippen LogP contribution in [0.1, 0.15) is 39.5 Å². The van der Waals surface area contributed by atoms with Crippen LogP contribution in [-0.2, 0) is 0 Å². The van der Waals surface area contributed by atoms with E-state index in [1.807, 2.05) is 13.8 Å². The molecule has 0 spiro atoms. The lowest BCUT2D eigenvalue weighted by Gasteiger charge is -2.25. The van der Waals surface area contributed by atoms with E-state index in [0.717, 1.165) is 12.8 Å². The van der Waals surface area contributed by atoms with Crippen LogP contribution in [0.2, 0.25) is 0 Å². The van der Waals surface area contributed by atoms with E-state index in [-0.39, 0.29) is 0 Å². The van der Waals surface area contributed by atoms with E-state index in [4.69, 9.17) is 0 Å². The van der Waals surface area contributed by atoms with Crippen molar-refractivity contribution >= 4 is 0 Å². The summed E-state index contributed by atoms with van der Waals surface area (Å²) < 4.78 is 0. The minimum absolute atomic E-state index is 0.470. The molecule has 0 fully saturated rings. The summed E-state index contributed by atoms with van der Waals surface area (Å²) in [5.41, 5.74) is 0. The van der Waals surface area contributed by atoms with Crippen molar-refractivity contribution in [2.75, 3.05) is 0 Å². The molecule has 0 aliphatic rings. The first-order valence-electron chi connectivity index (χ1n) is 4.46. The number of aliphatic hydroxyl groups is 2. The van der Waals surface area contributed by atoms with Crippen LogP contribution in [-0.4, -0.2) is 32.9 Å². The summed E-state index contributed by atoms with van der Waals surface area (Å²) in [5.74, 6) is 0. The maximum absolute atomic E-state index is 9.23. The highest BCUT2D eigenvalue weighted by molar-refractivity contribution is 4.55. The quantitative estimate of drug-likeness (QED) is 0.417. The predicted molar refractivity (Wildman–Crippen MR) is 45.5 cm³/mol. The van der Waals surface area contributed by atoms with Gasteiger partial charge < -0.3 is 15.4 Å². The fraction of sp³-hybridized carbons (Fsp3) is 1.00. The van der Waals surface area contributed by atoms with Crippen LogP contribution in [0, 0.1) is 0 Å². The van der Waals surface area contributed by atoms with Crippen LogP contribution in [0.25, 0.3) is 0 Å². The van der Waals surface area contributed by atoms with Gasteiger partial charge in [0.2, 0.25) is 0 Å². The third kappa shape index (κ3) is 4.01. The van der Waals surface area contributed by atoms with Gasteiger partial charge in [-0.25, -0.2) is 0 Å². The second kappa shape index (κ2) is 6.37. The Morgan fingerprint density at radius 2 is 1.33 bits per heavy atom. The number of hydrogen-bond donors (Lipinski definition) is 3. The molecule has 0 radical (unpaired) electrons. The van der Waals surface area contributed by atoms with E-state index in [1.54, 1.807) is 0 Å². The monoisotopic (exact) mass is 177 g/mol. The molecule has 0 aliphatic heterocycles. The molecule has 0 bridgehead atoms. The Hall–Kier alpha value is -0.160. The zero-order chi connectivity index (χ0) is 9.56. The second-order valence-corrected chi connectivity index (χ2v) is 2.92. The van der Waals surface area contributed by atoms with Gasteiger partial charge in [-0.2, -0.15) is 0 Å². The molecule has 0 heterocycles. The molecule has 0 saturated carbocycles. The van der Waals surface area contributed by atoms with Crippen LogP contribution in [0.4, 0.5) is 0 Å². The van der Waals surface area contributed by atoms with Crippen LogP contribution in [0.15, 0.2) is 0 Å². The molecule has 4 nitrogen and oxygen atoms in total. The molecule has 0 saturated heterocycles. The smallest absolute Gasteiger partial charge is 0.132 e. The van der Waals surface area contributed by atoms with Gasteiger partial charge in [0, 0.05) is 0 Å². The first-order valence-corrected chi connectivity index (χ1v) is 4.46. The molecule has 0 amide bonds. The highest BCUT2D eigenvalue weighted by Gasteiger charge is 2.19. The number of nitrogens with zero attached hydrogens (tertiary/aromatic N) is 1. The molecule has 4 heteroatoms. The van der Waals surface area contributed by atoms with Gasteiger partial charge in [0.25, 0.3) is 0 Å². The molecule has 0 aliphatic carbocycles. The molecule has 0 aromatic rings. The highest BCUT2D eigenvalue weighted by Crippen LogP contribution is 2.07. The maximum Gasteiger partial charge on any atom is 0.132 e. The van der Waals surface area contributed by atoms with E-state index in [2.05, 4.69) is 0 Å². The topological polar surface area (TPSA) is 63.9 Å². The Bertz CT molecular complexity index is 98.5. The molecule has 12 heavy (non-hydrogen) atoms. The van der Waals surface area contributed by atoms with E-state index < -0.39 is 12.5 Å². The van der Waals surface area contributed by atoms with Gasteiger partial charge >= 0.3 is 0 Å². The SMILES string of the molecule is CCCC(O)N(O)C(O)CCC. The summed E-state index contributed by atoms with van der Waals surface area (Å²) in [6, 6.07) is 0. The van der Waals surface area contributed by atoms with Crippen molar-refractivity contribution in [3.8, 4) is 0 Å². The van der Waals surface area contributed by atoms with Crippen LogP contribution < -0.4 is 0 Å². The number of rotatable bonds is 6. The Morgan fingerprint density at radius 1 is 1.00 bits per heavy atom. The number of hydrogen-bond acceptors (Lipinski definition) is 4. The van der Waals surface area contributed by atoms with Gasteiger partial charge in [0.1, 0.15) is 12.5 Å². The van der Waals surface area contributed by atoms with E-state index in [9.17, 15) is 15.4 Å². The first kappa shape index (κ1) is 11.8. The van der Waals surface area contributed by atoms with E-state index in [1.165, 1.54) is 0 Å². The molecule has 0 rings (SSSR count). The zero-order valence-corrected chi connectivity index (χ0v) is 7.77. The lowest BCUT2D eigenvalue weighted by Crippen LogP contribution is -2.40. The van der Waals surface area contributed by atoms with Crippen molar-refractivity contribution in [1.82, 2.24) is 5.06 Å². The summed E-state index contributed by atoms with van der Waals surface area (Å²) in [5, 5.41) is 28.3. The summed E-state index contributed by atoms with van der Waals surface area (Å²) in [6.07, 6.45) is 0.594. The Labute approximate surface area is 73.4 Å². The Kier molecular flexibility index (Phi) is 6.28. The fourth-order valence-corrected chi connectivity index (χ4v) is 0.980. The Balaban J connectivity index is 3.73. The second-order valence-electron chi connectivity index (χ2n) is 2.92. The van der Waals surface area contributed by atoms with Crippen molar-refractivity contribution in [2.24, 2.45) is 0 Å². The molecule has 3 N–H and O–H groups in total. The molecular weight excluding hydrogens is 158 g/mol.